The molecule has 1 aromatic rings. The number of hydrogen-bond donors (Lipinski definition) is 2. The molecule has 0 radical (unpaired) electrons. The molecule has 1 aromatic carbocycles. The van der Waals surface area contributed by atoms with Gasteiger partial charge in [-0.1, -0.05) is 13.8 Å². The van der Waals surface area contributed by atoms with Crippen molar-refractivity contribution in [3.05, 3.63) is 29.3 Å². The summed E-state index contributed by atoms with van der Waals surface area (Å²) in [4.78, 5) is 0. The number of methoxy groups -OCH3 is 1. The van der Waals surface area contributed by atoms with E-state index in [9.17, 15) is 8.78 Å². The minimum atomic E-state index is -0.565. The lowest BCUT2D eigenvalue weighted by Gasteiger charge is -2.20. The first kappa shape index (κ1) is 14.9. The Morgan fingerprint density at radius 3 is 2.44 bits per heavy atom. The molecule has 0 heterocycles. The van der Waals surface area contributed by atoms with Gasteiger partial charge in [-0.3, -0.25) is 0 Å². The van der Waals surface area contributed by atoms with Crippen LogP contribution in [0.15, 0.2) is 12.1 Å². The summed E-state index contributed by atoms with van der Waals surface area (Å²) < 4.78 is 31.8. The molecule has 0 bridgehead atoms. The summed E-state index contributed by atoms with van der Waals surface area (Å²) in [5.74, 6) is -0.804. The van der Waals surface area contributed by atoms with Crippen molar-refractivity contribution in [1.82, 2.24) is 5.32 Å². The lowest BCUT2D eigenvalue weighted by atomic mass is 10.0. The first-order valence-electron chi connectivity index (χ1n) is 5.95. The van der Waals surface area contributed by atoms with Crippen molar-refractivity contribution < 1.29 is 13.5 Å². The maximum atomic E-state index is 13.7. The zero-order chi connectivity index (χ0) is 13.7. The summed E-state index contributed by atoms with van der Waals surface area (Å²) in [6.45, 7) is 4.75. The average Bonchev–Trinajstić information content (AvgIpc) is 2.33. The Morgan fingerprint density at radius 1 is 1.28 bits per heavy atom. The molecule has 1 rings (SSSR count). The van der Waals surface area contributed by atoms with E-state index in [1.54, 1.807) is 0 Å². The van der Waals surface area contributed by atoms with Crippen LogP contribution in [0, 0.1) is 17.6 Å². The van der Waals surface area contributed by atoms with Gasteiger partial charge >= 0.3 is 0 Å². The molecule has 0 aliphatic carbocycles. The summed E-state index contributed by atoms with van der Waals surface area (Å²) in [7, 11) is 1.30. The SMILES string of the molecule is COc1cc(F)c(CNC(CN)C(C)C)cc1F. The summed E-state index contributed by atoms with van der Waals surface area (Å²) in [5.41, 5.74) is 5.87. The number of hydrogen-bond acceptors (Lipinski definition) is 3. The fourth-order valence-corrected chi connectivity index (χ4v) is 1.69. The highest BCUT2D eigenvalue weighted by Crippen LogP contribution is 2.21. The molecule has 3 N–H and O–H groups in total. The predicted molar refractivity (Wildman–Crippen MR) is 67.4 cm³/mol. The van der Waals surface area contributed by atoms with Gasteiger partial charge in [-0.05, 0) is 12.0 Å². The van der Waals surface area contributed by atoms with E-state index in [0.717, 1.165) is 12.1 Å². The molecule has 0 amide bonds. The minimum absolute atomic E-state index is 0.0783. The van der Waals surface area contributed by atoms with Crippen molar-refractivity contribution in [2.45, 2.75) is 26.4 Å². The van der Waals surface area contributed by atoms with E-state index in [2.05, 4.69) is 5.32 Å². The van der Waals surface area contributed by atoms with Crippen LogP contribution in [0.4, 0.5) is 8.78 Å². The van der Waals surface area contributed by atoms with E-state index in [4.69, 9.17) is 10.5 Å². The number of benzene rings is 1. The van der Waals surface area contributed by atoms with E-state index < -0.39 is 11.6 Å². The Morgan fingerprint density at radius 2 is 1.94 bits per heavy atom. The van der Waals surface area contributed by atoms with E-state index in [1.807, 2.05) is 13.8 Å². The third kappa shape index (κ3) is 3.65. The second kappa shape index (κ2) is 6.66. The predicted octanol–water partition coefficient (Wildman–Crippen LogP) is 2.05. The largest absolute Gasteiger partial charge is 0.494 e. The lowest BCUT2D eigenvalue weighted by Crippen LogP contribution is -2.39. The highest BCUT2D eigenvalue weighted by molar-refractivity contribution is 5.30. The quantitative estimate of drug-likeness (QED) is 0.821. The van der Waals surface area contributed by atoms with Gasteiger partial charge in [0.25, 0.3) is 0 Å². The highest BCUT2D eigenvalue weighted by Gasteiger charge is 2.14. The van der Waals surface area contributed by atoms with Gasteiger partial charge in [0.05, 0.1) is 7.11 Å². The fraction of sp³-hybridized carbons (Fsp3) is 0.538. The van der Waals surface area contributed by atoms with Gasteiger partial charge in [0.15, 0.2) is 11.6 Å². The van der Waals surface area contributed by atoms with Crippen molar-refractivity contribution in [2.24, 2.45) is 11.7 Å². The molecule has 1 unspecified atom stereocenters. The number of nitrogens with one attached hydrogen (secondary N) is 1. The highest BCUT2D eigenvalue weighted by atomic mass is 19.1. The first-order valence-corrected chi connectivity index (χ1v) is 5.95. The van der Waals surface area contributed by atoms with E-state index in [-0.39, 0.29) is 23.9 Å². The molecule has 0 fully saturated rings. The molecule has 0 spiro atoms. The molecule has 0 saturated carbocycles. The normalized spacial score (nSPS) is 12.8. The Bertz CT molecular complexity index is 397. The summed E-state index contributed by atoms with van der Waals surface area (Å²) in [6.07, 6.45) is 0. The van der Waals surface area contributed by atoms with Crippen molar-refractivity contribution >= 4 is 0 Å². The Balaban J connectivity index is 2.76. The van der Waals surface area contributed by atoms with Gasteiger partial charge in [0.1, 0.15) is 5.82 Å². The van der Waals surface area contributed by atoms with Crippen LogP contribution in [0.3, 0.4) is 0 Å². The summed E-state index contributed by atoms with van der Waals surface area (Å²) in [5, 5.41) is 3.12. The molecular formula is C13H20F2N2O. The smallest absolute Gasteiger partial charge is 0.165 e. The molecule has 0 aliphatic rings. The van der Waals surface area contributed by atoms with Crippen LogP contribution in [-0.4, -0.2) is 19.7 Å². The van der Waals surface area contributed by atoms with Crippen LogP contribution < -0.4 is 15.8 Å². The van der Waals surface area contributed by atoms with Gasteiger partial charge in [-0.2, -0.15) is 0 Å². The molecule has 5 heteroatoms. The van der Waals surface area contributed by atoms with Crippen molar-refractivity contribution in [3.8, 4) is 5.75 Å². The molecule has 102 valence electrons. The van der Waals surface area contributed by atoms with Crippen LogP contribution in [0.25, 0.3) is 0 Å². The van der Waals surface area contributed by atoms with Crippen LogP contribution in [-0.2, 0) is 6.54 Å². The van der Waals surface area contributed by atoms with E-state index in [1.165, 1.54) is 7.11 Å². The molecule has 3 nitrogen and oxygen atoms in total. The Labute approximate surface area is 106 Å². The van der Waals surface area contributed by atoms with Gasteiger partial charge < -0.3 is 15.8 Å². The molecule has 18 heavy (non-hydrogen) atoms. The monoisotopic (exact) mass is 258 g/mol. The van der Waals surface area contributed by atoms with Crippen LogP contribution >= 0.6 is 0 Å². The van der Waals surface area contributed by atoms with Gasteiger partial charge in [-0.15, -0.1) is 0 Å². The summed E-state index contributed by atoms with van der Waals surface area (Å²) in [6, 6.07) is 2.28. The van der Waals surface area contributed by atoms with Crippen molar-refractivity contribution in [2.75, 3.05) is 13.7 Å². The molecule has 1 atom stereocenters. The van der Waals surface area contributed by atoms with Crippen molar-refractivity contribution in [1.29, 1.82) is 0 Å². The number of halogens is 2. The van der Waals surface area contributed by atoms with Crippen molar-refractivity contribution in [3.63, 3.8) is 0 Å². The van der Waals surface area contributed by atoms with Crippen LogP contribution in [0.2, 0.25) is 0 Å². The number of ether oxygens (including phenoxy) is 1. The van der Waals surface area contributed by atoms with Crippen LogP contribution in [0.1, 0.15) is 19.4 Å². The molecule has 0 aliphatic heterocycles. The van der Waals surface area contributed by atoms with Gasteiger partial charge in [0.2, 0.25) is 0 Å². The molecular weight excluding hydrogens is 238 g/mol. The van der Waals surface area contributed by atoms with Gasteiger partial charge in [-0.25, -0.2) is 8.78 Å². The second-order valence-corrected chi connectivity index (χ2v) is 4.55. The molecule has 0 saturated heterocycles. The maximum Gasteiger partial charge on any atom is 0.165 e. The minimum Gasteiger partial charge on any atom is -0.494 e. The maximum absolute atomic E-state index is 13.7. The third-order valence-corrected chi connectivity index (χ3v) is 2.93. The van der Waals surface area contributed by atoms with Crippen LogP contribution in [0.5, 0.6) is 5.75 Å². The summed E-state index contributed by atoms with van der Waals surface area (Å²) >= 11 is 0. The first-order chi connectivity index (χ1) is 8.49. The number of rotatable bonds is 6. The third-order valence-electron chi connectivity index (χ3n) is 2.93. The van der Waals surface area contributed by atoms with Gasteiger partial charge in [0, 0.05) is 30.8 Å². The fourth-order valence-electron chi connectivity index (χ4n) is 1.69. The standard InChI is InChI=1S/C13H20F2N2O/c1-8(2)12(6-16)17-7-9-4-11(15)13(18-3)5-10(9)14/h4-5,8,12,17H,6-7,16H2,1-3H3. The molecule has 0 aromatic heterocycles. The number of nitrogens with two attached hydrogens (primary N) is 1. The Kier molecular flexibility index (Phi) is 5.50. The van der Waals surface area contributed by atoms with E-state index >= 15 is 0 Å². The van der Waals surface area contributed by atoms with E-state index in [0.29, 0.717) is 12.5 Å². The topological polar surface area (TPSA) is 47.3 Å². The Hall–Kier alpha value is -1.20. The zero-order valence-electron chi connectivity index (χ0n) is 11.0. The lowest BCUT2D eigenvalue weighted by molar-refractivity contribution is 0.378. The zero-order valence-corrected chi connectivity index (χ0v) is 11.0. The second-order valence-electron chi connectivity index (χ2n) is 4.55. The average molecular weight is 258 g/mol.